The fourth-order valence-corrected chi connectivity index (χ4v) is 5.89. The van der Waals surface area contributed by atoms with Gasteiger partial charge in [-0.2, -0.15) is 5.10 Å². The number of aryl methyl sites for hydroxylation is 1. The van der Waals surface area contributed by atoms with Gasteiger partial charge in [-0.25, -0.2) is 9.78 Å². The molecule has 2 aliphatic heterocycles. The number of aliphatic carboxylic acids is 1. The molecule has 5 rings (SSSR count). The Labute approximate surface area is 205 Å². The summed E-state index contributed by atoms with van der Waals surface area (Å²) in [7, 11) is 0. The molecular formula is C25H34N6O4. The van der Waals surface area contributed by atoms with Crippen LogP contribution in [0.3, 0.4) is 0 Å². The van der Waals surface area contributed by atoms with Gasteiger partial charge in [-0.15, -0.1) is 0 Å². The summed E-state index contributed by atoms with van der Waals surface area (Å²) in [6.07, 6.45) is 8.93. The predicted octanol–water partition coefficient (Wildman–Crippen LogP) is 2.55. The number of hydrogen-bond acceptors (Lipinski definition) is 7. The smallest absolute Gasteiger partial charge is 0.409 e. The number of carbonyl (C=O) groups excluding carboxylic acids is 1. The van der Waals surface area contributed by atoms with E-state index in [1.165, 1.54) is 12.8 Å². The van der Waals surface area contributed by atoms with E-state index in [2.05, 4.69) is 21.0 Å². The van der Waals surface area contributed by atoms with Crippen LogP contribution in [0.2, 0.25) is 0 Å². The topological polar surface area (TPSA) is 104 Å². The first kappa shape index (κ1) is 23.6. The molecule has 3 aliphatic rings. The molecule has 1 aliphatic carbocycles. The summed E-state index contributed by atoms with van der Waals surface area (Å²) in [6.45, 7) is 8.11. The molecule has 4 heterocycles. The summed E-state index contributed by atoms with van der Waals surface area (Å²) in [5, 5.41) is 13.3. The van der Waals surface area contributed by atoms with Crippen LogP contribution >= 0.6 is 0 Å². The second kappa shape index (κ2) is 9.85. The summed E-state index contributed by atoms with van der Waals surface area (Å²) in [5.74, 6) is 0.126. The molecule has 1 saturated carbocycles. The number of aromatic nitrogens is 3. The lowest BCUT2D eigenvalue weighted by molar-refractivity contribution is -0.137. The maximum atomic E-state index is 12.0. The molecule has 0 unspecified atom stereocenters. The Bertz CT molecular complexity index is 1060. The zero-order valence-electron chi connectivity index (χ0n) is 20.3. The molecule has 3 fully saturated rings. The normalized spacial score (nSPS) is 21.8. The van der Waals surface area contributed by atoms with Gasteiger partial charge in [0.25, 0.3) is 0 Å². The number of likely N-dealkylation sites (tertiary alicyclic amines) is 1. The minimum Gasteiger partial charge on any atom is -0.481 e. The SMILES string of the molecule is CCOC(=O)N1CC2(CC[C@@H](N3CCN(c4ncccc4-c4cnn(CCC(=O)O)c4)CC3)C2)C1. The third kappa shape index (κ3) is 4.98. The molecule has 1 N–H and O–H groups in total. The van der Waals surface area contributed by atoms with Crippen molar-refractivity contribution < 1.29 is 19.4 Å². The Morgan fingerprint density at radius 3 is 2.77 bits per heavy atom. The van der Waals surface area contributed by atoms with Crippen molar-refractivity contribution in [2.24, 2.45) is 5.41 Å². The number of carboxylic acids is 1. The van der Waals surface area contributed by atoms with Crippen molar-refractivity contribution in [3.8, 4) is 11.1 Å². The molecular weight excluding hydrogens is 448 g/mol. The molecule has 2 aromatic rings. The van der Waals surface area contributed by atoms with Crippen LogP contribution < -0.4 is 4.90 Å². The van der Waals surface area contributed by atoms with Gasteiger partial charge in [-0.1, -0.05) is 0 Å². The van der Waals surface area contributed by atoms with Gasteiger partial charge in [0, 0.05) is 74.2 Å². The van der Waals surface area contributed by atoms with E-state index in [-0.39, 0.29) is 17.9 Å². The molecule has 1 amide bonds. The van der Waals surface area contributed by atoms with Crippen molar-refractivity contribution in [3.63, 3.8) is 0 Å². The highest BCUT2D eigenvalue weighted by atomic mass is 16.6. The van der Waals surface area contributed by atoms with Crippen molar-refractivity contribution in [1.82, 2.24) is 24.6 Å². The Balaban J connectivity index is 1.17. The number of hydrogen-bond donors (Lipinski definition) is 1. The lowest BCUT2D eigenvalue weighted by atomic mass is 9.78. The van der Waals surface area contributed by atoms with E-state index < -0.39 is 5.97 Å². The molecule has 0 aromatic carbocycles. The van der Waals surface area contributed by atoms with E-state index in [0.29, 0.717) is 19.2 Å². The molecule has 10 heteroatoms. The number of piperazine rings is 1. The third-order valence-electron chi connectivity index (χ3n) is 7.67. The van der Waals surface area contributed by atoms with Crippen LogP contribution in [0.4, 0.5) is 10.6 Å². The fraction of sp³-hybridized carbons (Fsp3) is 0.600. The highest BCUT2D eigenvalue weighted by Gasteiger charge is 2.51. The molecule has 1 spiro atoms. The number of ether oxygens (including phenoxy) is 1. The number of nitrogens with zero attached hydrogens (tertiary/aromatic N) is 6. The molecule has 2 saturated heterocycles. The van der Waals surface area contributed by atoms with Crippen molar-refractivity contribution in [1.29, 1.82) is 0 Å². The van der Waals surface area contributed by atoms with E-state index in [0.717, 1.165) is 62.6 Å². The van der Waals surface area contributed by atoms with Crippen LogP contribution in [0.1, 0.15) is 32.6 Å². The van der Waals surface area contributed by atoms with Crippen molar-refractivity contribution in [3.05, 3.63) is 30.7 Å². The highest BCUT2D eigenvalue weighted by Crippen LogP contribution is 2.47. The van der Waals surface area contributed by atoms with E-state index in [1.807, 2.05) is 30.3 Å². The maximum absolute atomic E-state index is 12.0. The fourth-order valence-electron chi connectivity index (χ4n) is 5.89. The molecule has 1 atom stereocenters. The Hall–Kier alpha value is -3.14. The van der Waals surface area contributed by atoms with Gasteiger partial charge in [0.15, 0.2) is 0 Å². The predicted molar refractivity (Wildman–Crippen MR) is 130 cm³/mol. The van der Waals surface area contributed by atoms with Gasteiger partial charge in [-0.3, -0.25) is 14.4 Å². The number of carboxylic acid groups (broad SMARTS) is 1. The average molecular weight is 483 g/mol. The van der Waals surface area contributed by atoms with E-state index in [1.54, 1.807) is 10.9 Å². The van der Waals surface area contributed by atoms with Gasteiger partial charge < -0.3 is 19.6 Å². The summed E-state index contributed by atoms with van der Waals surface area (Å²) < 4.78 is 6.82. The molecule has 0 bridgehead atoms. The summed E-state index contributed by atoms with van der Waals surface area (Å²) in [6, 6.07) is 4.57. The van der Waals surface area contributed by atoms with Crippen LogP contribution in [-0.4, -0.2) is 93.7 Å². The standard InChI is InChI=1S/C25H34N6O4/c1-2-35-24(34)30-17-25(18-30)7-5-20(14-25)28-10-12-29(13-11-28)23-21(4-3-8-26-23)19-15-27-31(16-19)9-6-22(32)33/h3-4,8,15-16,20H,2,5-7,9-14,17-18H2,1H3,(H,32,33)/t20-/m1/s1. The number of rotatable bonds is 7. The molecule has 2 aromatic heterocycles. The zero-order chi connectivity index (χ0) is 24.4. The van der Waals surface area contributed by atoms with E-state index >= 15 is 0 Å². The summed E-state index contributed by atoms with van der Waals surface area (Å²) in [5.41, 5.74) is 2.26. The Kier molecular flexibility index (Phi) is 6.64. The number of carbonyl (C=O) groups is 2. The van der Waals surface area contributed by atoms with Crippen LogP contribution in [0.5, 0.6) is 0 Å². The van der Waals surface area contributed by atoms with Crippen molar-refractivity contribution in [2.45, 2.75) is 45.2 Å². The largest absolute Gasteiger partial charge is 0.481 e. The Morgan fingerprint density at radius 1 is 1.23 bits per heavy atom. The van der Waals surface area contributed by atoms with Crippen LogP contribution in [0, 0.1) is 5.41 Å². The van der Waals surface area contributed by atoms with Gasteiger partial charge in [0.05, 0.1) is 25.8 Å². The van der Waals surface area contributed by atoms with Gasteiger partial charge in [-0.05, 0) is 38.3 Å². The maximum Gasteiger partial charge on any atom is 0.409 e. The zero-order valence-corrected chi connectivity index (χ0v) is 20.3. The van der Waals surface area contributed by atoms with Crippen molar-refractivity contribution >= 4 is 17.9 Å². The lowest BCUT2D eigenvalue weighted by Crippen LogP contribution is -2.58. The van der Waals surface area contributed by atoms with Gasteiger partial charge in [0.2, 0.25) is 0 Å². The molecule has 188 valence electrons. The summed E-state index contributed by atoms with van der Waals surface area (Å²) >= 11 is 0. The monoisotopic (exact) mass is 482 g/mol. The number of amides is 1. The van der Waals surface area contributed by atoms with Crippen LogP contribution in [0.15, 0.2) is 30.7 Å². The molecule has 10 nitrogen and oxygen atoms in total. The average Bonchev–Trinajstić information content (AvgIpc) is 3.50. The first-order valence-electron chi connectivity index (χ1n) is 12.6. The first-order valence-corrected chi connectivity index (χ1v) is 12.6. The summed E-state index contributed by atoms with van der Waals surface area (Å²) in [4.78, 5) is 34.3. The van der Waals surface area contributed by atoms with Crippen LogP contribution in [0.25, 0.3) is 11.1 Å². The second-order valence-corrected chi connectivity index (χ2v) is 9.99. The van der Waals surface area contributed by atoms with Gasteiger partial charge >= 0.3 is 12.1 Å². The van der Waals surface area contributed by atoms with Crippen molar-refractivity contribution in [2.75, 3.05) is 50.8 Å². The third-order valence-corrected chi connectivity index (χ3v) is 7.67. The second-order valence-electron chi connectivity index (χ2n) is 9.99. The molecule has 35 heavy (non-hydrogen) atoms. The lowest BCUT2D eigenvalue weighted by Gasteiger charge is -2.48. The van der Waals surface area contributed by atoms with Crippen LogP contribution in [-0.2, 0) is 16.1 Å². The number of anilines is 1. The van der Waals surface area contributed by atoms with Gasteiger partial charge in [0.1, 0.15) is 5.82 Å². The first-order chi connectivity index (χ1) is 17.0. The van der Waals surface area contributed by atoms with E-state index in [4.69, 9.17) is 14.8 Å². The quantitative estimate of drug-likeness (QED) is 0.642. The van der Waals surface area contributed by atoms with E-state index in [9.17, 15) is 9.59 Å². The Morgan fingerprint density at radius 2 is 2.03 bits per heavy atom. The number of pyridine rings is 1. The highest BCUT2D eigenvalue weighted by molar-refractivity contribution is 5.75. The molecule has 0 radical (unpaired) electrons. The minimum atomic E-state index is -0.830. The minimum absolute atomic E-state index is 0.0479.